The molecule has 0 bridgehead atoms. The van der Waals surface area contributed by atoms with Crippen molar-refractivity contribution in [2.45, 2.75) is 38.3 Å². The lowest BCUT2D eigenvalue weighted by Crippen LogP contribution is -2.44. The topological polar surface area (TPSA) is 122 Å². The van der Waals surface area contributed by atoms with Gasteiger partial charge < -0.3 is 20.0 Å². The van der Waals surface area contributed by atoms with Crippen LogP contribution in [-0.2, 0) is 16.1 Å². The molecule has 3 aromatic rings. The molecule has 10 heteroatoms. The third-order valence-electron chi connectivity index (χ3n) is 5.73. The number of rotatable bonds is 6. The quantitative estimate of drug-likeness (QED) is 0.575. The zero-order valence-electron chi connectivity index (χ0n) is 18.9. The van der Waals surface area contributed by atoms with E-state index in [1.54, 1.807) is 28.0 Å². The minimum Gasteiger partial charge on any atom is -0.454 e. The summed E-state index contributed by atoms with van der Waals surface area (Å²) in [5.41, 5.74) is 0.890. The maximum Gasteiger partial charge on any atom is 0.287 e. The average Bonchev–Trinajstić information content (AvgIpc) is 3.54. The first-order valence-electron chi connectivity index (χ1n) is 11.4. The minimum absolute atomic E-state index is 0.0897. The number of nitrogens with one attached hydrogen (secondary N) is 2. The highest BCUT2D eigenvalue weighted by molar-refractivity contribution is 5.94. The number of amides is 3. The Hall–Kier alpha value is -3.95. The predicted octanol–water partition coefficient (Wildman–Crippen LogP) is 1.91. The van der Waals surface area contributed by atoms with Crippen molar-refractivity contribution in [2.24, 2.45) is 0 Å². The van der Waals surface area contributed by atoms with Gasteiger partial charge in [0.25, 0.3) is 5.91 Å². The number of furan rings is 1. The van der Waals surface area contributed by atoms with Crippen molar-refractivity contribution in [1.82, 2.24) is 30.3 Å². The molecule has 1 aromatic carbocycles. The zero-order valence-corrected chi connectivity index (χ0v) is 18.9. The highest BCUT2D eigenvalue weighted by atomic mass is 16.4. The summed E-state index contributed by atoms with van der Waals surface area (Å²) in [6.45, 7) is 1.32. The number of carbonyl (C=O) groups excluding carboxylic acids is 3. The molecule has 0 saturated carbocycles. The second-order valence-electron chi connectivity index (χ2n) is 8.17. The second kappa shape index (κ2) is 11.3. The lowest BCUT2D eigenvalue weighted by atomic mass is 10.00. The third-order valence-corrected chi connectivity index (χ3v) is 5.73. The maximum atomic E-state index is 13.2. The Bertz CT molecular complexity index is 1100. The van der Waals surface area contributed by atoms with Gasteiger partial charge in [-0.3, -0.25) is 14.4 Å². The number of aromatic nitrogens is 3. The van der Waals surface area contributed by atoms with E-state index < -0.39 is 11.9 Å². The number of benzene rings is 1. The number of nitrogens with zero attached hydrogens (tertiary/aromatic N) is 4. The molecule has 2 N–H and O–H groups in total. The van der Waals surface area contributed by atoms with Crippen LogP contribution in [0.25, 0.3) is 0 Å². The fourth-order valence-corrected chi connectivity index (χ4v) is 4.00. The SMILES string of the molecule is O=C1CC(c2ccccc2)N(C(=O)CNC(=O)c2ccc(Cn3cncn3)o2)CCCCCN1. The van der Waals surface area contributed by atoms with Crippen molar-refractivity contribution < 1.29 is 18.8 Å². The molecule has 4 rings (SSSR count). The summed E-state index contributed by atoms with van der Waals surface area (Å²) in [7, 11) is 0. The zero-order chi connectivity index (χ0) is 23.8. The van der Waals surface area contributed by atoms with Crippen LogP contribution in [0.5, 0.6) is 0 Å². The monoisotopic (exact) mass is 464 g/mol. The molecule has 10 nitrogen and oxygen atoms in total. The highest BCUT2D eigenvalue weighted by Crippen LogP contribution is 2.26. The van der Waals surface area contributed by atoms with Crippen LogP contribution < -0.4 is 10.6 Å². The first kappa shape index (κ1) is 23.2. The van der Waals surface area contributed by atoms with Crippen LogP contribution in [0, 0.1) is 0 Å². The Kier molecular flexibility index (Phi) is 7.69. The summed E-state index contributed by atoms with van der Waals surface area (Å²) in [4.78, 5) is 43.9. The molecule has 2 aromatic heterocycles. The van der Waals surface area contributed by atoms with Gasteiger partial charge in [-0.25, -0.2) is 9.67 Å². The minimum atomic E-state index is -0.478. The Balaban J connectivity index is 1.42. The standard InChI is InChI=1S/C24H28N6O4/c31-22-13-20(18-7-3-1-4-8-18)30(12-6-2-5-11-26-22)23(32)14-27-24(33)21-10-9-19(34-21)15-29-17-25-16-28-29/h1,3-4,7-10,16-17,20H,2,5-6,11-15H2,(H,26,31)(H,27,33). The molecule has 0 aliphatic carbocycles. The van der Waals surface area contributed by atoms with E-state index in [4.69, 9.17) is 4.42 Å². The van der Waals surface area contributed by atoms with Crippen molar-refractivity contribution in [1.29, 1.82) is 0 Å². The molecular weight excluding hydrogens is 436 g/mol. The molecule has 1 saturated heterocycles. The summed E-state index contributed by atoms with van der Waals surface area (Å²) in [5, 5.41) is 9.60. The summed E-state index contributed by atoms with van der Waals surface area (Å²) in [5.74, 6) is -0.151. The van der Waals surface area contributed by atoms with Gasteiger partial charge in [-0.2, -0.15) is 5.10 Å². The van der Waals surface area contributed by atoms with Crippen molar-refractivity contribution in [3.8, 4) is 0 Å². The van der Waals surface area contributed by atoms with Crippen molar-refractivity contribution in [3.05, 3.63) is 72.2 Å². The van der Waals surface area contributed by atoms with Gasteiger partial charge in [0.15, 0.2) is 5.76 Å². The molecule has 1 fully saturated rings. The number of hydrogen-bond acceptors (Lipinski definition) is 6. The molecule has 1 aliphatic heterocycles. The van der Waals surface area contributed by atoms with Gasteiger partial charge in [-0.1, -0.05) is 30.3 Å². The van der Waals surface area contributed by atoms with E-state index in [0.29, 0.717) is 25.4 Å². The van der Waals surface area contributed by atoms with Gasteiger partial charge in [0.1, 0.15) is 25.0 Å². The first-order chi connectivity index (χ1) is 16.6. The van der Waals surface area contributed by atoms with Crippen LogP contribution in [-0.4, -0.2) is 57.0 Å². The molecule has 3 heterocycles. The van der Waals surface area contributed by atoms with Crippen LogP contribution >= 0.6 is 0 Å². The van der Waals surface area contributed by atoms with Crippen LogP contribution in [0.3, 0.4) is 0 Å². The van der Waals surface area contributed by atoms with Crippen LogP contribution in [0.4, 0.5) is 0 Å². The Morgan fingerprint density at radius 1 is 1.12 bits per heavy atom. The largest absolute Gasteiger partial charge is 0.454 e. The van der Waals surface area contributed by atoms with Gasteiger partial charge in [-0.15, -0.1) is 0 Å². The van der Waals surface area contributed by atoms with E-state index in [2.05, 4.69) is 20.7 Å². The summed E-state index contributed by atoms with van der Waals surface area (Å²) in [6.07, 6.45) is 5.74. The Labute approximate surface area is 197 Å². The van der Waals surface area contributed by atoms with E-state index in [9.17, 15) is 14.4 Å². The van der Waals surface area contributed by atoms with E-state index in [1.165, 1.54) is 6.33 Å². The maximum absolute atomic E-state index is 13.2. The number of hydrogen-bond donors (Lipinski definition) is 2. The molecule has 0 radical (unpaired) electrons. The fraction of sp³-hybridized carbons (Fsp3) is 0.375. The normalized spacial score (nSPS) is 17.1. The Morgan fingerprint density at radius 3 is 2.76 bits per heavy atom. The van der Waals surface area contributed by atoms with Crippen LogP contribution in [0.2, 0.25) is 0 Å². The summed E-state index contributed by atoms with van der Waals surface area (Å²) >= 11 is 0. The third kappa shape index (κ3) is 6.09. The average molecular weight is 465 g/mol. The highest BCUT2D eigenvalue weighted by Gasteiger charge is 2.28. The molecular formula is C24H28N6O4. The van der Waals surface area contributed by atoms with Gasteiger partial charge >= 0.3 is 0 Å². The Morgan fingerprint density at radius 2 is 1.97 bits per heavy atom. The first-order valence-corrected chi connectivity index (χ1v) is 11.4. The van der Waals surface area contributed by atoms with Crippen LogP contribution in [0.15, 0.2) is 59.5 Å². The smallest absolute Gasteiger partial charge is 0.287 e. The van der Waals surface area contributed by atoms with E-state index in [1.807, 2.05) is 30.3 Å². The second-order valence-corrected chi connectivity index (χ2v) is 8.17. The molecule has 0 spiro atoms. The molecule has 3 amide bonds. The molecule has 1 unspecified atom stereocenters. The van der Waals surface area contributed by atoms with E-state index in [-0.39, 0.29) is 30.5 Å². The lowest BCUT2D eigenvalue weighted by molar-refractivity contribution is -0.134. The van der Waals surface area contributed by atoms with Crippen molar-refractivity contribution in [3.63, 3.8) is 0 Å². The molecule has 1 atom stereocenters. The number of carbonyl (C=O) groups is 3. The van der Waals surface area contributed by atoms with Gasteiger partial charge in [0, 0.05) is 13.1 Å². The molecule has 1 aliphatic rings. The van der Waals surface area contributed by atoms with Gasteiger partial charge in [0.05, 0.1) is 19.0 Å². The van der Waals surface area contributed by atoms with Crippen molar-refractivity contribution in [2.75, 3.05) is 19.6 Å². The summed E-state index contributed by atoms with van der Waals surface area (Å²) in [6, 6.07) is 12.4. The summed E-state index contributed by atoms with van der Waals surface area (Å²) < 4.78 is 7.17. The predicted molar refractivity (Wildman–Crippen MR) is 123 cm³/mol. The van der Waals surface area contributed by atoms with Gasteiger partial charge in [0.2, 0.25) is 11.8 Å². The fourth-order valence-electron chi connectivity index (χ4n) is 4.00. The lowest BCUT2D eigenvalue weighted by Gasteiger charge is -2.33. The van der Waals surface area contributed by atoms with Gasteiger partial charge in [-0.05, 0) is 37.0 Å². The van der Waals surface area contributed by atoms with Crippen molar-refractivity contribution >= 4 is 17.7 Å². The van der Waals surface area contributed by atoms with E-state index >= 15 is 0 Å². The molecule has 34 heavy (non-hydrogen) atoms. The molecule has 178 valence electrons. The van der Waals surface area contributed by atoms with E-state index in [0.717, 1.165) is 24.8 Å². The van der Waals surface area contributed by atoms with Crippen LogP contribution in [0.1, 0.15) is 53.6 Å².